The van der Waals surface area contributed by atoms with E-state index in [1.54, 1.807) is 12.1 Å². The highest BCUT2D eigenvalue weighted by Gasteiger charge is 2.24. The lowest BCUT2D eigenvalue weighted by Crippen LogP contribution is -2.30. The van der Waals surface area contributed by atoms with Gasteiger partial charge in [-0.05, 0) is 12.1 Å². The van der Waals surface area contributed by atoms with E-state index in [1.165, 1.54) is 51.1 Å². The molecule has 2 heterocycles. The van der Waals surface area contributed by atoms with E-state index >= 15 is 0 Å². The first-order valence-corrected chi connectivity index (χ1v) is 8.43. The fourth-order valence-electron chi connectivity index (χ4n) is 1.62. The smallest absolute Gasteiger partial charge is 0.309 e. The molecule has 2 aromatic rings. The van der Waals surface area contributed by atoms with Crippen LogP contribution in [0.2, 0.25) is 4.34 Å². The molecule has 0 aliphatic heterocycles. The molecule has 0 radical (unpaired) electrons. The molecule has 0 atom stereocenters. The number of thiophene rings is 1. The van der Waals surface area contributed by atoms with E-state index in [1.807, 2.05) is 0 Å². The van der Waals surface area contributed by atoms with Crippen molar-refractivity contribution in [3.8, 4) is 10.6 Å². The van der Waals surface area contributed by atoms with Crippen molar-refractivity contribution >= 4 is 39.2 Å². The van der Waals surface area contributed by atoms with Gasteiger partial charge < -0.3 is 4.74 Å². The van der Waals surface area contributed by atoms with Crippen molar-refractivity contribution in [2.75, 3.05) is 21.2 Å². The topological polar surface area (TPSA) is 64.4 Å². The van der Waals surface area contributed by atoms with Crippen molar-refractivity contribution in [3.63, 3.8) is 0 Å². The molecule has 114 valence electrons. The van der Waals surface area contributed by atoms with E-state index in [9.17, 15) is 8.42 Å². The Kier molecular flexibility index (Phi) is 4.72. The Bertz CT molecular complexity index is 763. The molecular weight excluding hydrogens is 334 g/mol. The van der Waals surface area contributed by atoms with E-state index in [-0.39, 0.29) is 5.82 Å². The summed E-state index contributed by atoms with van der Waals surface area (Å²) in [6.45, 7) is 0. The number of hydrogen-bond acceptors (Lipinski definition) is 5. The van der Waals surface area contributed by atoms with Crippen LogP contribution >= 0.6 is 22.9 Å². The largest absolute Gasteiger partial charge is 0.504 e. The number of ether oxygens (including phenoxy) is 1. The van der Waals surface area contributed by atoms with Crippen molar-refractivity contribution in [3.05, 3.63) is 34.8 Å². The summed E-state index contributed by atoms with van der Waals surface area (Å²) in [5.74, 6) is 0.255. The first-order chi connectivity index (χ1) is 9.87. The molecule has 0 aromatic carbocycles. The first-order valence-electron chi connectivity index (χ1n) is 5.83. The molecule has 21 heavy (non-hydrogen) atoms. The third-order valence-corrected chi connectivity index (χ3v) is 5.64. The van der Waals surface area contributed by atoms with Crippen LogP contribution in [0.5, 0.6) is 0 Å². The predicted molar refractivity (Wildman–Crippen MR) is 84.6 cm³/mol. The van der Waals surface area contributed by atoms with Crippen molar-refractivity contribution in [2.24, 2.45) is 0 Å². The molecule has 0 saturated carbocycles. The van der Waals surface area contributed by atoms with Crippen molar-refractivity contribution in [1.82, 2.24) is 13.3 Å². The number of nitrogens with zero attached hydrogens (tertiary/aromatic N) is 3. The molecule has 0 unspecified atom stereocenters. The molecule has 2 aromatic heterocycles. The molecule has 2 rings (SSSR count). The summed E-state index contributed by atoms with van der Waals surface area (Å²) in [5.41, 5.74) is 0.455. The molecule has 6 nitrogen and oxygen atoms in total. The summed E-state index contributed by atoms with van der Waals surface area (Å²) in [7, 11) is 0.682. The third-order valence-electron chi connectivity index (χ3n) is 2.62. The van der Waals surface area contributed by atoms with Gasteiger partial charge in [0.15, 0.2) is 5.82 Å². The third kappa shape index (κ3) is 3.13. The van der Waals surface area contributed by atoms with Gasteiger partial charge >= 0.3 is 10.2 Å². The van der Waals surface area contributed by atoms with Crippen LogP contribution in [0.25, 0.3) is 16.6 Å². The average molecular weight is 348 g/mol. The van der Waals surface area contributed by atoms with Gasteiger partial charge in [0.1, 0.15) is 0 Å². The van der Waals surface area contributed by atoms with Gasteiger partial charge in [-0.2, -0.15) is 12.7 Å². The van der Waals surface area contributed by atoms with Gasteiger partial charge in [-0.25, -0.2) is 8.96 Å². The minimum absolute atomic E-state index is 0.255. The second-order valence-electron chi connectivity index (χ2n) is 4.20. The van der Waals surface area contributed by atoms with Gasteiger partial charge in [0.25, 0.3) is 0 Å². The molecular formula is C12H14ClN3O3S2. The molecule has 0 fully saturated rings. The van der Waals surface area contributed by atoms with Crippen LogP contribution in [0, 0.1) is 0 Å². The van der Waals surface area contributed by atoms with Gasteiger partial charge in [0.2, 0.25) is 0 Å². The number of imidazole rings is 1. The molecule has 0 aliphatic rings. The molecule has 0 amide bonds. The highest BCUT2D eigenvalue weighted by atomic mass is 35.5. The Hall–Kier alpha value is -1.35. The maximum Gasteiger partial charge on any atom is 0.309 e. The zero-order chi connectivity index (χ0) is 15.6. The van der Waals surface area contributed by atoms with Crippen LogP contribution in [0.3, 0.4) is 0 Å². The van der Waals surface area contributed by atoms with E-state index in [4.69, 9.17) is 16.3 Å². The van der Waals surface area contributed by atoms with E-state index < -0.39 is 10.2 Å². The van der Waals surface area contributed by atoms with Crippen LogP contribution in [-0.2, 0) is 14.9 Å². The van der Waals surface area contributed by atoms with Crippen LogP contribution in [-0.4, -0.2) is 42.9 Å². The maximum absolute atomic E-state index is 12.5. The van der Waals surface area contributed by atoms with Crippen LogP contribution in [0.1, 0.15) is 5.82 Å². The summed E-state index contributed by atoms with van der Waals surface area (Å²) in [4.78, 5) is 4.86. The highest BCUT2D eigenvalue weighted by molar-refractivity contribution is 7.87. The SMILES string of the molecule is CO/C=C/c1ncc(-c2ccc(Cl)s2)n1S(=O)(=O)N(C)C. The fourth-order valence-corrected chi connectivity index (χ4v) is 3.78. The van der Waals surface area contributed by atoms with E-state index in [0.717, 1.165) is 13.2 Å². The van der Waals surface area contributed by atoms with Crippen LogP contribution < -0.4 is 0 Å². The lowest BCUT2D eigenvalue weighted by Gasteiger charge is -2.15. The average Bonchev–Trinajstić information content (AvgIpc) is 3.02. The number of aromatic nitrogens is 2. The van der Waals surface area contributed by atoms with E-state index in [0.29, 0.717) is 10.0 Å². The van der Waals surface area contributed by atoms with Gasteiger partial charge in [-0.15, -0.1) is 11.3 Å². The minimum atomic E-state index is -3.72. The van der Waals surface area contributed by atoms with Gasteiger partial charge in [0, 0.05) is 20.2 Å². The van der Waals surface area contributed by atoms with Gasteiger partial charge in [-0.1, -0.05) is 11.6 Å². The number of methoxy groups -OCH3 is 1. The monoisotopic (exact) mass is 347 g/mol. The Balaban J connectivity index is 2.68. The van der Waals surface area contributed by atoms with Gasteiger partial charge in [-0.3, -0.25) is 0 Å². The van der Waals surface area contributed by atoms with E-state index in [2.05, 4.69) is 4.98 Å². The number of hydrogen-bond donors (Lipinski definition) is 0. The zero-order valence-corrected chi connectivity index (χ0v) is 14.0. The zero-order valence-electron chi connectivity index (χ0n) is 11.6. The van der Waals surface area contributed by atoms with Crippen LogP contribution in [0.4, 0.5) is 0 Å². The second kappa shape index (κ2) is 6.18. The molecule has 0 aliphatic carbocycles. The van der Waals surface area contributed by atoms with Gasteiger partial charge in [0.05, 0.1) is 34.5 Å². The summed E-state index contributed by atoms with van der Waals surface area (Å²) in [6, 6.07) is 3.47. The lowest BCUT2D eigenvalue weighted by molar-refractivity contribution is 0.341. The summed E-state index contributed by atoms with van der Waals surface area (Å²) in [6.07, 6.45) is 4.35. The quantitative estimate of drug-likeness (QED) is 0.780. The first kappa shape index (κ1) is 16.0. The molecule has 9 heteroatoms. The normalized spacial score (nSPS) is 12.4. The summed E-state index contributed by atoms with van der Waals surface area (Å²) < 4.78 is 32.7. The summed E-state index contributed by atoms with van der Waals surface area (Å²) >= 11 is 7.21. The predicted octanol–water partition coefficient (Wildman–Crippen LogP) is 2.54. The molecule has 0 saturated heterocycles. The molecule has 0 bridgehead atoms. The summed E-state index contributed by atoms with van der Waals surface area (Å²) in [5, 5.41) is 0. The molecule has 0 spiro atoms. The second-order valence-corrected chi connectivity index (χ2v) is 7.90. The minimum Gasteiger partial charge on any atom is -0.504 e. The molecule has 0 N–H and O–H groups in total. The van der Waals surface area contributed by atoms with Crippen LogP contribution in [0.15, 0.2) is 24.6 Å². The Morgan fingerprint density at radius 3 is 2.67 bits per heavy atom. The lowest BCUT2D eigenvalue weighted by atomic mass is 10.4. The number of rotatable bonds is 5. The standard InChI is InChI=1S/C12H14ClN3O3S2/c1-15(2)21(17,18)16-9(10-4-5-11(13)20-10)8-14-12(16)6-7-19-3/h4-8H,1-3H3/b7-6+. The maximum atomic E-state index is 12.5. The Labute approximate surface area is 132 Å². The highest BCUT2D eigenvalue weighted by Crippen LogP contribution is 2.32. The number of halogens is 1. The van der Waals surface area contributed by atoms with Crippen molar-refractivity contribution < 1.29 is 13.2 Å². The Morgan fingerprint density at radius 2 is 2.14 bits per heavy atom. The fraction of sp³-hybridized carbons (Fsp3) is 0.250. The van der Waals surface area contributed by atoms with Crippen molar-refractivity contribution in [2.45, 2.75) is 0 Å². The van der Waals surface area contributed by atoms with Crippen molar-refractivity contribution in [1.29, 1.82) is 0 Å². The Morgan fingerprint density at radius 1 is 1.43 bits per heavy atom.